The predicted octanol–water partition coefficient (Wildman–Crippen LogP) is 2.49. The van der Waals surface area contributed by atoms with Crippen LogP contribution < -0.4 is 0 Å². The van der Waals surface area contributed by atoms with Gasteiger partial charge in [-0.15, -0.1) is 0 Å². The summed E-state index contributed by atoms with van der Waals surface area (Å²) >= 11 is 0. The molecule has 0 bridgehead atoms. The van der Waals surface area contributed by atoms with E-state index in [0.29, 0.717) is 6.54 Å². The van der Waals surface area contributed by atoms with Gasteiger partial charge in [0.05, 0.1) is 18.8 Å². The summed E-state index contributed by atoms with van der Waals surface area (Å²) in [6, 6.07) is -0.0314. The molecule has 1 aliphatic heterocycles. The van der Waals surface area contributed by atoms with Crippen molar-refractivity contribution in [3.8, 4) is 0 Å². The lowest BCUT2D eigenvalue weighted by molar-refractivity contribution is 0.0175. The summed E-state index contributed by atoms with van der Waals surface area (Å²) in [5.74, 6) is 0.748. The molecule has 5 heteroatoms. The molecule has 0 radical (unpaired) electrons. The molecule has 1 amide bonds. The van der Waals surface area contributed by atoms with Crippen LogP contribution in [0.1, 0.15) is 45.1 Å². The zero-order valence-corrected chi connectivity index (χ0v) is 9.98. The molecule has 1 atom stereocenters. The van der Waals surface area contributed by atoms with Crippen molar-refractivity contribution in [2.45, 2.75) is 45.9 Å². The molecule has 0 spiro atoms. The third-order valence-corrected chi connectivity index (χ3v) is 2.54. The summed E-state index contributed by atoms with van der Waals surface area (Å²) in [5.41, 5.74) is 0.490. The first-order valence-corrected chi connectivity index (χ1v) is 5.31. The van der Waals surface area contributed by atoms with Crippen molar-refractivity contribution in [3.63, 3.8) is 0 Å². The molecule has 1 aromatic heterocycles. The van der Waals surface area contributed by atoms with Crippen LogP contribution in [0.15, 0.2) is 10.7 Å². The van der Waals surface area contributed by atoms with E-state index in [-0.39, 0.29) is 12.1 Å². The predicted molar refractivity (Wildman–Crippen MR) is 56.7 cm³/mol. The van der Waals surface area contributed by atoms with Gasteiger partial charge < -0.3 is 9.26 Å². The van der Waals surface area contributed by atoms with Gasteiger partial charge in [0.2, 0.25) is 0 Å². The van der Waals surface area contributed by atoms with Crippen molar-refractivity contribution in [3.05, 3.63) is 17.5 Å². The SMILES string of the molecule is CC1c2cnoc2CN1C(=O)OC(C)(C)C. The number of amides is 1. The third kappa shape index (κ3) is 1.89. The Morgan fingerprint density at radius 2 is 2.31 bits per heavy atom. The minimum absolute atomic E-state index is 0.0314. The Kier molecular flexibility index (Phi) is 2.40. The zero-order valence-electron chi connectivity index (χ0n) is 9.98. The summed E-state index contributed by atoms with van der Waals surface area (Å²) in [6.07, 6.45) is 1.34. The first-order chi connectivity index (χ1) is 7.38. The van der Waals surface area contributed by atoms with E-state index in [1.54, 1.807) is 11.1 Å². The molecular formula is C11H16N2O3. The average Bonchev–Trinajstić information content (AvgIpc) is 2.66. The minimum atomic E-state index is -0.473. The smallest absolute Gasteiger partial charge is 0.411 e. The maximum absolute atomic E-state index is 11.9. The molecule has 0 saturated heterocycles. The first-order valence-electron chi connectivity index (χ1n) is 5.31. The monoisotopic (exact) mass is 224 g/mol. The van der Waals surface area contributed by atoms with Gasteiger partial charge in [0, 0.05) is 5.56 Å². The highest BCUT2D eigenvalue weighted by Crippen LogP contribution is 2.33. The average molecular weight is 224 g/mol. The Bertz CT molecular complexity index is 406. The van der Waals surface area contributed by atoms with Gasteiger partial charge in [-0.1, -0.05) is 5.16 Å². The van der Waals surface area contributed by atoms with Crippen LogP contribution in [0, 0.1) is 0 Å². The molecule has 88 valence electrons. The lowest BCUT2D eigenvalue weighted by atomic mass is 10.2. The van der Waals surface area contributed by atoms with Crippen LogP contribution in [0.5, 0.6) is 0 Å². The van der Waals surface area contributed by atoms with Gasteiger partial charge in [0.1, 0.15) is 5.60 Å². The molecular weight excluding hydrogens is 208 g/mol. The highest BCUT2D eigenvalue weighted by atomic mass is 16.6. The fraction of sp³-hybridized carbons (Fsp3) is 0.636. The van der Waals surface area contributed by atoms with Crippen LogP contribution in [-0.2, 0) is 11.3 Å². The van der Waals surface area contributed by atoms with Crippen molar-refractivity contribution in [1.82, 2.24) is 10.1 Å². The lowest BCUT2D eigenvalue weighted by Gasteiger charge is -2.26. The largest absolute Gasteiger partial charge is 0.444 e. The first kappa shape index (κ1) is 11.0. The molecule has 1 aliphatic rings. The van der Waals surface area contributed by atoms with Crippen molar-refractivity contribution in [2.75, 3.05) is 0 Å². The van der Waals surface area contributed by atoms with Gasteiger partial charge in [-0.3, -0.25) is 4.90 Å². The van der Waals surface area contributed by atoms with E-state index < -0.39 is 5.60 Å². The molecule has 2 rings (SSSR count). The number of carbonyl (C=O) groups is 1. The van der Waals surface area contributed by atoms with E-state index >= 15 is 0 Å². The lowest BCUT2D eigenvalue weighted by Crippen LogP contribution is -2.35. The van der Waals surface area contributed by atoms with Crippen molar-refractivity contribution < 1.29 is 14.1 Å². The fourth-order valence-corrected chi connectivity index (χ4v) is 1.74. The number of hydrogen-bond donors (Lipinski definition) is 0. The van der Waals surface area contributed by atoms with E-state index in [2.05, 4.69) is 5.16 Å². The highest BCUT2D eigenvalue weighted by Gasteiger charge is 2.36. The number of ether oxygens (including phenoxy) is 1. The Hall–Kier alpha value is -1.52. The van der Waals surface area contributed by atoms with E-state index in [0.717, 1.165) is 11.3 Å². The number of hydrogen-bond acceptors (Lipinski definition) is 4. The second-order valence-corrected chi connectivity index (χ2v) is 4.99. The zero-order chi connectivity index (χ0) is 11.9. The normalized spacial score (nSPS) is 19.8. The van der Waals surface area contributed by atoms with Crippen molar-refractivity contribution in [1.29, 1.82) is 0 Å². The van der Waals surface area contributed by atoms with Crippen LogP contribution >= 0.6 is 0 Å². The van der Waals surface area contributed by atoms with Gasteiger partial charge in [0.15, 0.2) is 5.76 Å². The van der Waals surface area contributed by atoms with Gasteiger partial charge in [0.25, 0.3) is 0 Å². The molecule has 1 aromatic rings. The van der Waals surface area contributed by atoms with Crippen LogP contribution in [0.25, 0.3) is 0 Å². The number of aromatic nitrogens is 1. The summed E-state index contributed by atoms with van der Waals surface area (Å²) < 4.78 is 10.4. The summed E-state index contributed by atoms with van der Waals surface area (Å²) in [7, 11) is 0. The second-order valence-electron chi connectivity index (χ2n) is 4.99. The maximum Gasteiger partial charge on any atom is 0.411 e. The Morgan fingerprint density at radius 1 is 1.62 bits per heavy atom. The Labute approximate surface area is 94.3 Å². The summed E-state index contributed by atoms with van der Waals surface area (Å²) in [4.78, 5) is 13.5. The molecule has 0 saturated carbocycles. The van der Waals surface area contributed by atoms with Gasteiger partial charge in [-0.25, -0.2) is 4.79 Å². The number of fused-ring (bicyclic) bond motifs is 1. The van der Waals surface area contributed by atoms with Crippen molar-refractivity contribution >= 4 is 6.09 Å². The maximum atomic E-state index is 11.9. The quantitative estimate of drug-likeness (QED) is 0.679. The molecule has 16 heavy (non-hydrogen) atoms. The van der Waals surface area contributed by atoms with E-state index in [9.17, 15) is 4.79 Å². The second kappa shape index (κ2) is 3.50. The van der Waals surface area contributed by atoms with Crippen LogP contribution in [0.3, 0.4) is 0 Å². The molecule has 0 fully saturated rings. The Morgan fingerprint density at radius 3 is 2.88 bits per heavy atom. The molecule has 5 nitrogen and oxygen atoms in total. The fourth-order valence-electron chi connectivity index (χ4n) is 1.74. The minimum Gasteiger partial charge on any atom is -0.444 e. The molecule has 0 aliphatic carbocycles. The van der Waals surface area contributed by atoms with Crippen molar-refractivity contribution in [2.24, 2.45) is 0 Å². The van der Waals surface area contributed by atoms with E-state index in [4.69, 9.17) is 9.26 Å². The number of carbonyl (C=O) groups excluding carboxylic acids is 1. The molecule has 2 heterocycles. The highest BCUT2D eigenvalue weighted by molar-refractivity contribution is 5.69. The molecule has 0 N–H and O–H groups in total. The van der Waals surface area contributed by atoms with Gasteiger partial charge in [-0.2, -0.15) is 0 Å². The van der Waals surface area contributed by atoms with E-state index in [1.807, 2.05) is 27.7 Å². The van der Waals surface area contributed by atoms with Crippen LogP contribution in [0.2, 0.25) is 0 Å². The number of nitrogens with zero attached hydrogens (tertiary/aromatic N) is 2. The Balaban J connectivity index is 2.09. The van der Waals surface area contributed by atoms with Gasteiger partial charge in [-0.05, 0) is 27.7 Å². The third-order valence-electron chi connectivity index (χ3n) is 2.54. The summed E-state index contributed by atoms with van der Waals surface area (Å²) in [6.45, 7) is 7.93. The molecule has 1 unspecified atom stereocenters. The number of rotatable bonds is 0. The topological polar surface area (TPSA) is 55.6 Å². The van der Waals surface area contributed by atoms with Gasteiger partial charge >= 0.3 is 6.09 Å². The van der Waals surface area contributed by atoms with E-state index in [1.165, 1.54) is 0 Å². The standard InChI is InChI=1S/C11H16N2O3/c1-7-8-5-12-16-9(8)6-13(7)10(14)15-11(2,3)4/h5,7H,6H2,1-4H3. The van der Waals surface area contributed by atoms with Crippen LogP contribution in [-0.4, -0.2) is 21.8 Å². The molecule has 0 aromatic carbocycles. The summed E-state index contributed by atoms with van der Waals surface area (Å²) in [5, 5.41) is 3.71. The van der Waals surface area contributed by atoms with Crippen LogP contribution in [0.4, 0.5) is 4.79 Å².